The lowest BCUT2D eigenvalue weighted by molar-refractivity contribution is -0.159. The normalized spacial score (nSPS) is 47.6. The monoisotopic (exact) mass is 253 g/mol. The van der Waals surface area contributed by atoms with Gasteiger partial charge in [0.15, 0.2) is 0 Å². The summed E-state index contributed by atoms with van der Waals surface area (Å²) in [5.74, 6) is 1.31. The van der Waals surface area contributed by atoms with Crippen molar-refractivity contribution in [1.82, 2.24) is 14.8 Å². The molecule has 5 rings (SSSR count). The maximum atomic E-state index is 10.6. The molecule has 17 heavy (non-hydrogen) atoms. The summed E-state index contributed by atoms with van der Waals surface area (Å²) in [6, 6.07) is 0. The van der Waals surface area contributed by atoms with E-state index >= 15 is 0 Å². The molecule has 0 amide bonds. The summed E-state index contributed by atoms with van der Waals surface area (Å²) in [6.07, 6.45) is 8.07. The van der Waals surface area contributed by atoms with E-state index in [1.54, 1.807) is 6.33 Å². The van der Waals surface area contributed by atoms with Crippen molar-refractivity contribution < 1.29 is 5.11 Å². The zero-order valence-electron chi connectivity index (χ0n) is 9.64. The van der Waals surface area contributed by atoms with E-state index in [1.807, 2.05) is 4.68 Å². The van der Waals surface area contributed by atoms with Crippen LogP contribution in [0.4, 0.5) is 0 Å². The van der Waals surface area contributed by atoms with Crippen LogP contribution >= 0.6 is 11.6 Å². The van der Waals surface area contributed by atoms with Gasteiger partial charge in [0.25, 0.3) is 0 Å². The Hall–Kier alpha value is -0.610. The minimum Gasteiger partial charge on any atom is -0.390 e. The number of aromatic nitrogens is 3. The SMILES string of the molecule is OC12C[C@H]3C[C@@H](C1)CC(n1cnc(Cl)n1)(C3)C2. The van der Waals surface area contributed by atoms with E-state index in [1.165, 1.54) is 6.42 Å². The number of hydrogen-bond acceptors (Lipinski definition) is 3. The van der Waals surface area contributed by atoms with E-state index in [4.69, 9.17) is 11.6 Å². The first kappa shape index (κ1) is 10.3. The third-order valence-electron chi connectivity index (χ3n) is 4.95. The molecule has 4 fully saturated rings. The molecule has 0 radical (unpaired) electrons. The Morgan fingerprint density at radius 1 is 1.29 bits per heavy atom. The van der Waals surface area contributed by atoms with Crippen molar-refractivity contribution in [3.63, 3.8) is 0 Å². The topological polar surface area (TPSA) is 50.9 Å². The third-order valence-corrected chi connectivity index (χ3v) is 5.12. The van der Waals surface area contributed by atoms with E-state index in [9.17, 15) is 5.11 Å². The highest BCUT2D eigenvalue weighted by Crippen LogP contribution is 2.60. The van der Waals surface area contributed by atoms with Crippen LogP contribution in [-0.2, 0) is 5.54 Å². The lowest BCUT2D eigenvalue weighted by Crippen LogP contribution is -2.59. The summed E-state index contributed by atoms with van der Waals surface area (Å²) in [5.41, 5.74) is -0.471. The number of rotatable bonds is 1. The maximum Gasteiger partial charge on any atom is 0.242 e. The molecule has 1 aromatic rings. The lowest BCUT2D eigenvalue weighted by Gasteiger charge is -2.59. The molecule has 0 aliphatic heterocycles. The molecule has 92 valence electrons. The fourth-order valence-corrected chi connectivity index (χ4v) is 5.03. The second kappa shape index (κ2) is 3.04. The quantitative estimate of drug-likeness (QED) is 0.833. The Morgan fingerprint density at radius 2 is 2.00 bits per heavy atom. The third kappa shape index (κ3) is 1.40. The van der Waals surface area contributed by atoms with Crippen LogP contribution in [0.25, 0.3) is 0 Å². The van der Waals surface area contributed by atoms with Gasteiger partial charge in [-0.2, -0.15) is 0 Å². The minimum atomic E-state index is -0.456. The van der Waals surface area contributed by atoms with Crippen LogP contribution in [0, 0.1) is 11.8 Å². The average Bonchev–Trinajstić information content (AvgIpc) is 2.61. The van der Waals surface area contributed by atoms with Crippen LogP contribution < -0.4 is 0 Å². The van der Waals surface area contributed by atoms with Crippen LogP contribution in [0.2, 0.25) is 5.28 Å². The van der Waals surface area contributed by atoms with E-state index in [-0.39, 0.29) is 5.54 Å². The van der Waals surface area contributed by atoms with Gasteiger partial charge < -0.3 is 5.11 Å². The van der Waals surface area contributed by atoms with Gasteiger partial charge in [-0.15, -0.1) is 5.10 Å². The standard InChI is InChI=1S/C12H16ClN3O/c13-10-14-7-16(15-10)11-2-8-1-9(3-11)5-12(17,4-8)6-11/h7-9,17H,1-6H2/t8-,9+,11?,12?. The van der Waals surface area contributed by atoms with Crippen molar-refractivity contribution in [3.05, 3.63) is 11.6 Å². The van der Waals surface area contributed by atoms with Crippen molar-refractivity contribution >= 4 is 11.6 Å². The molecule has 4 aliphatic carbocycles. The molecular weight excluding hydrogens is 238 g/mol. The smallest absolute Gasteiger partial charge is 0.242 e. The number of halogens is 1. The molecule has 4 aliphatic rings. The molecule has 1 heterocycles. The van der Waals surface area contributed by atoms with Gasteiger partial charge in [-0.3, -0.25) is 0 Å². The first-order chi connectivity index (χ1) is 8.07. The van der Waals surface area contributed by atoms with Crippen LogP contribution in [-0.4, -0.2) is 25.5 Å². The molecule has 0 aromatic carbocycles. The Kier molecular flexibility index (Phi) is 1.84. The van der Waals surface area contributed by atoms with E-state index < -0.39 is 5.60 Å². The van der Waals surface area contributed by atoms with Gasteiger partial charge in [0.1, 0.15) is 6.33 Å². The minimum absolute atomic E-state index is 0.0149. The Morgan fingerprint density at radius 3 is 2.53 bits per heavy atom. The molecule has 0 saturated heterocycles. The van der Waals surface area contributed by atoms with Gasteiger partial charge in [-0.25, -0.2) is 9.67 Å². The number of hydrogen-bond donors (Lipinski definition) is 1. The van der Waals surface area contributed by atoms with Gasteiger partial charge in [-0.05, 0) is 55.5 Å². The van der Waals surface area contributed by atoms with Crippen molar-refractivity contribution in [2.75, 3.05) is 0 Å². The molecule has 4 atom stereocenters. The highest BCUT2D eigenvalue weighted by atomic mass is 35.5. The van der Waals surface area contributed by atoms with E-state index in [0.29, 0.717) is 17.1 Å². The summed E-state index contributed by atoms with van der Waals surface area (Å²) >= 11 is 5.83. The first-order valence-corrected chi connectivity index (χ1v) is 6.75. The molecule has 4 bridgehead atoms. The summed E-state index contributed by atoms with van der Waals surface area (Å²) < 4.78 is 1.93. The highest BCUT2D eigenvalue weighted by Gasteiger charge is 2.58. The molecule has 1 aromatic heterocycles. The number of nitrogens with zero attached hydrogens (tertiary/aromatic N) is 3. The van der Waals surface area contributed by atoms with Gasteiger partial charge in [0.2, 0.25) is 5.28 Å². The Balaban J connectivity index is 1.79. The van der Waals surface area contributed by atoms with Crippen LogP contribution in [0.15, 0.2) is 6.33 Å². The highest BCUT2D eigenvalue weighted by molar-refractivity contribution is 6.28. The van der Waals surface area contributed by atoms with Crippen molar-refractivity contribution in [3.8, 4) is 0 Å². The van der Waals surface area contributed by atoms with Gasteiger partial charge in [0, 0.05) is 6.42 Å². The van der Waals surface area contributed by atoms with Crippen LogP contribution in [0.1, 0.15) is 38.5 Å². The molecule has 5 heteroatoms. The second-order valence-corrected chi connectivity index (χ2v) is 6.71. The van der Waals surface area contributed by atoms with Crippen LogP contribution in [0.5, 0.6) is 0 Å². The molecule has 4 nitrogen and oxygen atoms in total. The Labute approximate surface area is 105 Å². The van der Waals surface area contributed by atoms with Crippen molar-refractivity contribution in [2.45, 2.75) is 49.7 Å². The molecular formula is C12H16ClN3O. The van der Waals surface area contributed by atoms with Gasteiger partial charge in [0.05, 0.1) is 11.1 Å². The van der Waals surface area contributed by atoms with Crippen molar-refractivity contribution in [1.29, 1.82) is 0 Å². The summed E-state index contributed by atoms with van der Waals surface area (Å²) in [7, 11) is 0. The maximum absolute atomic E-state index is 10.6. The average molecular weight is 254 g/mol. The van der Waals surface area contributed by atoms with E-state index in [0.717, 1.165) is 32.1 Å². The summed E-state index contributed by atoms with van der Waals surface area (Å²) in [6.45, 7) is 0. The largest absolute Gasteiger partial charge is 0.390 e. The first-order valence-electron chi connectivity index (χ1n) is 6.37. The molecule has 4 saturated carbocycles. The Bertz CT molecular complexity index is 458. The molecule has 1 N–H and O–H groups in total. The predicted octanol–water partition coefficient (Wildman–Crippen LogP) is 1.97. The van der Waals surface area contributed by atoms with Crippen LogP contribution in [0.3, 0.4) is 0 Å². The molecule has 2 unspecified atom stereocenters. The second-order valence-electron chi connectivity index (χ2n) is 6.37. The lowest BCUT2D eigenvalue weighted by atomic mass is 9.51. The summed E-state index contributed by atoms with van der Waals surface area (Å²) in [5, 5.41) is 15.2. The summed E-state index contributed by atoms with van der Waals surface area (Å²) in [4.78, 5) is 4.03. The predicted molar refractivity (Wildman–Crippen MR) is 62.6 cm³/mol. The fourth-order valence-electron chi connectivity index (χ4n) is 4.91. The van der Waals surface area contributed by atoms with E-state index in [2.05, 4.69) is 10.1 Å². The van der Waals surface area contributed by atoms with Gasteiger partial charge in [-0.1, -0.05) is 0 Å². The zero-order valence-corrected chi connectivity index (χ0v) is 10.4. The molecule has 0 spiro atoms. The zero-order chi connectivity index (χ0) is 11.7. The number of aliphatic hydroxyl groups is 1. The van der Waals surface area contributed by atoms with Crippen molar-refractivity contribution in [2.24, 2.45) is 11.8 Å². The fraction of sp³-hybridized carbons (Fsp3) is 0.833. The van der Waals surface area contributed by atoms with Gasteiger partial charge >= 0.3 is 0 Å².